The molecule has 5 heteroatoms. The number of benzene rings is 1. The summed E-state index contributed by atoms with van der Waals surface area (Å²) < 4.78 is 5.59. The number of rotatable bonds is 9. The highest BCUT2D eigenvalue weighted by Crippen LogP contribution is 2.31. The fourth-order valence-electron chi connectivity index (χ4n) is 3.54. The van der Waals surface area contributed by atoms with E-state index in [1.54, 1.807) is 24.3 Å². The molecular weight excluding hydrogens is 340 g/mol. The average Bonchev–Trinajstić information content (AvgIpc) is 2.71. The highest BCUT2D eigenvalue weighted by Gasteiger charge is 2.26. The van der Waals surface area contributed by atoms with Gasteiger partial charge in [0, 0.05) is 11.5 Å². The Morgan fingerprint density at radius 1 is 0.963 bits per heavy atom. The maximum absolute atomic E-state index is 12.3. The van der Waals surface area contributed by atoms with Gasteiger partial charge in [0.1, 0.15) is 5.75 Å². The number of ether oxygens (including phenoxy) is 1. The summed E-state index contributed by atoms with van der Waals surface area (Å²) in [6, 6.07) is 6.98. The minimum absolute atomic E-state index is 0.0116. The molecule has 1 saturated carbocycles. The van der Waals surface area contributed by atoms with E-state index >= 15 is 0 Å². The lowest BCUT2D eigenvalue weighted by atomic mass is 9.79. The van der Waals surface area contributed by atoms with E-state index in [1.807, 2.05) is 0 Å². The summed E-state index contributed by atoms with van der Waals surface area (Å²) >= 11 is 0. The minimum atomic E-state index is -0.305. The fourth-order valence-corrected chi connectivity index (χ4v) is 3.54. The summed E-state index contributed by atoms with van der Waals surface area (Å²) in [5.74, 6) is 1.15. The number of hydrogen-bond donors (Lipinski definition) is 2. The second-order valence-corrected chi connectivity index (χ2v) is 7.53. The summed E-state index contributed by atoms with van der Waals surface area (Å²) in [6.45, 7) is 5.01. The molecule has 2 rings (SSSR count). The lowest BCUT2D eigenvalue weighted by Crippen LogP contribution is -2.45. The zero-order valence-electron chi connectivity index (χ0n) is 16.8. The first-order valence-corrected chi connectivity index (χ1v) is 10.5. The van der Waals surface area contributed by atoms with Crippen molar-refractivity contribution < 1.29 is 14.3 Å². The lowest BCUT2D eigenvalue weighted by molar-refractivity contribution is -0.127. The summed E-state index contributed by atoms with van der Waals surface area (Å²) in [6.07, 6.45) is 9.95. The smallest absolute Gasteiger partial charge is 0.269 e. The minimum Gasteiger partial charge on any atom is -0.494 e. The molecule has 0 aromatic heterocycles. The Balaban J connectivity index is 1.71. The summed E-state index contributed by atoms with van der Waals surface area (Å²) in [4.78, 5) is 24.5. The first kappa shape index (κ1) is 21.3. The quantitative estimate of drug-likeness (QED) is 0.489. The SMILES string of the molecule is CCCCOc1ccc(C(=O)NNC(=O)C2CCC(CCCC)CC2)cc1. The standard InChI is InChI=1S/C22H34N2O3/c1-3-5-7-17-8-10-18(11-9-17)21(25)23-24-22(26)19-12-14-20(15-13-19)27-16-6-4-2/h12-15,17-18H,3-11,16H2,1-2H3,(H,23,25)(H,24,26). The van der Waals surface area contributed by atoms with Crippen LogP contribution in [0.4, 0.5) is 0 Å². The van der Waals surface area contributed by atoms with Crippen LogP contribution in [0.25, 0.3) is 0 Å². The number of nitrogens with one attached hydrogen (secondary N) is 2. The molecule has 1 aromatic carbocycles. The largest absolute Gasteiger partial charge is 0.494 e. The van der Waals surface area contributed by atoms with Crippen molar-refractivity contribution in [2.45, 2.75) is 71.6 Å². The Hall–Kier alpha value is -2.04. The van der Waals surface area contributed by atoms with Crippen LogP contribution in [0.2, 0.25) is 0 Å². The van der Waals surface area contributed by atoms with Crippen LogP contribution in [-0.2, 0) is 4.79 Å². The Bertz CT molecular complexity index is 578. The van der Waals surface area contributed by atoms with Crippen LogP contribution in [0.1, 0.15) is 82.0 Å². The zero-order valence-corrected chi connectivity index (χ0v) is 16.8. The molecule has 0 bridgehead atoms. The number of unbranched alkanes of at least 4 members (excludes halogenated alkanes) is 2. The summed E-state index contributed by atoms with van der Waals surface area (Å²) in [5, 5.41) is 0. The molecule has 27 heavy (non-hydrogen) atoms. The Labute approximate surface area is 163 Å². The molecule has 150 valence electrons. The summed E-state index contributed by atoms with van der Waals surface area (Å²) in [7, 11) is 0. The molecule has 2 amide bonds. The van der Waals surface area contributed by atoms with E-state index in [1.165, 1.54) is 19.3 Å². The van der Waals surface area contributed by atoms with Crippen molar-refractivity contribution >= 4 is 11.8 Å². The number of hydrazine groups is 1. The molecule has 0 radical (unpaired) electrons. The average molecular weight is 375 g/mol. The molecule has 0 spiro atoms. The Morgan fingerprint density at radius 2 is 1.63 bits per heavy atom. The van der Waals surface area contributed by atoms with Crippen molar-refractivity contribution in [1.29, 1.82) is 0 Å². The van der Waals surface area contributed by atoms with Crippen molar-refractivity contribution in [2.24, 2.45) is 11.8 Å². The highest BCUT2D eigenvalue weighted by atomic mass is 16.5. The van der Waals surface area contributed by atoms with Gasteiger partial charge in [0.05, 0.1) is 6.61 Å². The molecule has 0 aliphatic heterocycles. The van der Waals surface area contributed by atoms with Crippen LogP contribution < -0.4 is 15.6 Å². The number of carbonyl (C=O) groups excluding carboxylic acids is 2. The second kappa shape index (κ2) is 11.6. The van der Waals surface area contributed by atoms with Gasteiger partial charge in [-0.15, -0.1) is 0 Å². The van der Waals surface area contributed by atoms with Gasteiger partial charge < -0.3 is 4.74 Å². The van der Waals surface area contributed by atoms with Gasteiger partial charge in [0.15, 0.2) is 0 Å². The monoisotopic (exact) mass is 374 g/mol. The van der Waals surface area contributed by atoms with Crippen LogP contribution in [0.15, 0.2) is 24.3 Å². The van der Waals surface area contributed by atoms with E-state index in [0.29, 0.717) is 12.2 Å². The van der Waals surface area contributed by atoms with Crippen LogP contribution >= 0.6 is 0 Å². The fraction of sp³-hybridized carbons (Fsp3) is 0.636. The molecule has 0 heterocycles. The molecular formula is C22H34N2O3. The highest BCUT2D eigenvalue weighted by molar-refractivity contribution is 5.95. The normalized spacial score (nSPS) is 19.3. The molecule has 1 aliphatic carbocycles. The van der Waals surface area contributed by atoms with E-state index in [-0.39, 0.29) is 17.7 Å². The predicted octanol–water partition coefficient (Wildman–Crippen LogP) is 4.62. The van der Waals surface area contributed by atoms with Crippen LogP contribution in [0.5, 0.6) is 5.75 Å². The van der Waals surface area contributed by atoms with Crippen molar-refractivity contribution in [3.05, 3.63) is 29.8 Å². The first-order chi connectivity index (χ1) is 13.1. The van der Waals surface area contributed by atoms with Gasteiger partial charge in [-0.1, -0.05) is 39.5 Å². The third-order valence-electron chi connectivity index (χ3n) is 5.37. The molecule has 0 unspecified atom stereocenters. The van der Waals surface area contributed by atoms with Gasteiger partial charge in [-0.25, -0.2) is 0 Å². The Kier molecular flexibility index (Phi) is 9.16. The van der Waals surface area contributed by atoms with E-state index in [0.717, 1.165) is 50.2 Å². The third-order valence-corrected chi connectivity index (χ3v) is 5.37. The second-order valence-electron chi connectivity index (χ2n) is 7.53. The predicted molar refractivity (Wildman–Crippen MR) is 107 cm³/mol. The number of carbonyl (C=O) groups is 2. The van der Waals surface area contributed by atoms with Crippen molar-refractivity contribution in [1.82, 2.24) is 10.9 Å². The Morgan fingerprint density at radius 3 is 2.26 bits per heavy atom. The molecule has 1 fully saturated rings. The molecule has 1 aliphatic rings. The van der Waals surface area contributed by atoms with Gasteiger partial charge in [-0.05, 0) is 62.3 Å². The van der Waals surface area contributed by atoms with Crippen LogP contribution in [0.3, 0.4) is 0 Å². The van der Waals surface area contributed by atoms with Crippen LogP contribution in [0, 0.1) is 11.8 Å². The van der Waals surface area contributed by atoms with Gasteiger partial charge in [0.25, 0.3) is 5.91 Å². The van der Waals surface area contributed by atoms with E-state index < -0.39 is 0 Å². The number of amides is 2. The molecule has 0 atom stereocenters. The first-order valence-electron chi connectivity index (χ1n) is 10.5. The third kappa shape index (κ3) is 7.24. The molecule has 2 N–H and O–H groups in total. The maximum Gasteiger partial charge on any atom is 0.269 e. The van der Waals surface area contributed by atoms with E-state index in [9.17, 15) is 9.59 Å². The maximum atomic E-state index is 12.3. The van der Waals surface area contributed by atoms with E-state index in [4.69, 9.17) is 4.74 Å². The van der Waals surface area contributed by atoms with E-state index in [2.05, 4.69) is 24.7 Å². The lowest BCUT2D eigenvalue weighted by Gasteiger charge is -2.27. The van der Waals surface area contributed by atoms with Crippen LogP contribution in [-0.4, -0.2) is 18.4 Å². The van der Waals surface area contributed by atoms with Gasteiger partial charge in [-0.3, -0.25) is 20.4 Å². The zero-order chi connectivity index (χ0) is 19.5. The molecule has 0 saturated heterocycles. The van der Waals surface area contributed by atoms with Gasteiger partial charge in [-0.2, -0.15) is 0 Å². The van der Waals surface area contributed by atoms with Crippen molar-refractivity contribution in [2.75, 3.05) is 6.61 Å². The topological polar surface area (TPSA) is 67.4 Å². The number of hydrogen-bond acceptors (Lipinski definition) is 3. The van der Waals surface area contributed by atoms with Gasteiger partial charge in [0.2, 0.25) is 5.91 Å². The van der Waals surface area contributed by atoms with Gasteiger partial charge >= 0.3 is 0 Å². The molecule has 5 nitrogen and oxygen atoms in total. The van der Waals surface area contributed by atoms with Crippen molar-refractivity contribution in [3.8, 4) is 5.75 Å². The summed E-state index contributed by atoms with van der Waals surface area (Å²) in [5.41, 5.74) is 5.63. The van der Waals surface area contributed by atoms with Crippen molar-refractivity contribution in [3.63, 3.8) is 0 Å². The molecule has 1 aromatic rings.